The Balaban J connectivity index is 1.46. The molecule has 0 N–H and O–H groups in total. The zero-order chi connectivity index (χ0) is 21.6. The second-order valence-corrected chi connectivity index (χ2v) is 8.19. The molecule has 0 saturated carbocycles. The molecule has 1 aliphatic heterocycles. The number of halogens is 1. The summed E-state index contributed by atoms with van der Waals surface area (Å²) in [5.74, 6) is 0.760. The average Bonchev–Trinajstić information content (AvgIpc) is 3.22. The van der Waals surface area contributed by atoms with Gasteiger partial charge in [-0.05, 0) is 64.0 Å². The molecule has 0 unspecified atom stereocenters. The molecule has 0 amide bonds. The third-order valence-electron chi connectivity index (χ3n) is 5.19. The Bertz CT molecular complexity index is 1070. The van der Waals surface area contributed by atoms with Crippen LogP contribution in [0.3, 0.4) is 0 Å². The first-order valence-electron chi connectivity index (χ1n) is 10.1. The van der Waals surface area contributed by atoms with E-state index in [0.29, 0.717) is 12.1 Å². The number of carbonyl (C=O) groups excluding carboxylic acids is 1. The number of rotatable bonds is 7. The lowest BCUT2D eigenvalue weighted by Crippen LogP contribution is -2.36. The van der Waals surface area contributed by atoms with Gasteiger partial charge in [0.05, 0.1) is 37.5 Å². The van der Waals surface area contributed by atoms with Crippen LogP contribution < -0.4 is 9.64 Å². The molecule has 4 rings (SSSR count). The van der Waals surface area contributed by atoms with E-state index in [1.807, 2.05) is 59.4 Å². The maximum atomic E-state index is 12.6. The molecule has 0 bridgehead atoms. The number of nitrogens with zero attached hydrogens (tertiary/aromatic N) is 3. The summed E-state index contributed by atoms with van der Waals surface area (Å²) in [7, 11) is 1.65. The van der Waals surface area contributed by atoms with E-state index >= 15 is 0 Å². The summed E-state index contributed by atoms with van der Waals surface area (Å²) >= 11 is 3.41. The highest BCUT2D eigenvalue weighted by Crippen LogP contribution is 2.23. The SMILES string of the molecule is COc1ccc(/C=C/C(=O)c2ccc(N3CCOCC3)cc2)cc1Cn1cc(Br)cn1. The highest BCUT2D eigenvalue weighted by molar-refractivity contribution is 9.10. The number of aromatic nitrogens is 2. The summed E-state index contributed by atoms with van der Waals surface area (Å²) in [6.45, 7) is 3.81. The first-order chi connectivity index (χ1) is 15.1. The first kappa shape index (κ1) is 21.3. The number of anilines is 1. The van der Waals surface area contributed by atoms with Crippen molar-refractivity contribution >= 4 is 33.5 Å². The number of ketones is 1. The molecule has 0 radical (unpaired) electrons. The van der Waals surface area contributed by atoms with E-state index in [2.05, 4.69) is 25.9 Å². The van der Waals surface area contributed by atoms with Gasteiger partial charge in [-0.1, -0.05) is 12.1 Å². The van der Waals surface area contributed by atoms with E-state index in [1.54, 1.807) is 19.4 Å². The van der Waals surface area contributed by atoms with Gasteiger partial charge in [-0.2, -0.15) is 5.10 Å². The summed E-state index contributed by atoms with van der Waals surface area (Å²) in [4.78, 5) is 14.9. The number of allylic oxidation sites excluding steroid dienone is 1. The van der Waals surface area contributed by atoms with Crippen LogP contribution in [0.15, 0.2) is 65.4 Å². The van der Waals surface area contributed by atoms with Gasteiger partial charge in [0.15, 0.2) is 5.78 Å². The summed E-state index contributed by atoms with van der Waals surface area (Å²) in [5.41, 5.74) is 3.71. The van der Waals surface area contributed by atoms with Crippen LogP contribution in [-0.2, 0) is 11.3 Å². The van der Waals surface area contributed by atoms with Crippen LogP contribution in [0.5, 0.6) is 5.75 Å². The number of morpholine rings is 1. The van der Waals surface area contributed by atoms with Crippen LogP contribution in [-0.4, -0.2) is 49.0 Å². The van der Waals surface area contributed by atoms with Gasteiger partial charge in [-0.15, -0.1) is 0 Å². The third kappa shape index (κ3) is 5.42. The van der Waals surface area contributed by atoms with Gasteiger partial charge < -0.3 is 14.4 Å². The highest BCUT2D eigenvalue weighted by Gasteiger charge is 2.12. The fourth-order valence-corrected chi connectivity index (χ4v) is 3.88. The Morgan fingerprint density at radius 3 is 2.65 bits per heavy atom. The predicted molar refractivity (Wildman–Crippen MR) is 125 cm³/mol. The normalized spacial score (nSPS) is 14.2. The lowest BCUT2D eigenvalue weighted by Gasteiger charge is -2.28. The van der Waals surface area contributed by atoms with Crippen molar-refractivity contribution in [3.8, 4) is 5.75 Å². The highest BCUT2D eigenvalue weighted by atomic mass is 79.9. The Morgan fingerprint density at radius 2 is 1.97 bits per heavy atom. The van der Waals surface area contributed by atoms with Gasteiger partial charge in [0.25, 0.3) is 0 Å². The van der Waals surface area contributed by atoms with E-state index in [1.165, 1.54) is 0 Å². The number of hydrogen-bond acceptors (Lipinski definition) is 5. The van der Waals surface area contributed by atoms with Gasteiger partial charge >= 0.3 is 0 Å². The van der Waals surface area contributed by atoms with Crippen molar-refractivity contribution in [2.24, 2.45) is 0 Å². The van der Waals surface area contributed by atoms with Crippen LogP contribution in [0.1, 0.15) is 21.5 Å². The zero-order valence-corrected chi connectivity index (χ0v) is 18.9. The molecular weight excluding hydrogens is 458 g/mol. The fourth-order valence-electron chi connectivity index (χ4n) is 3.55. The quantitative estimate of drug-likeness (QED) is 0.368. The zero-order valence-electron chi connectivity index (χ0n) is 17.3. The lowest BCUT2D eigenvalue weighted by molar-refractivity contribution is 0.104. The fraction of sp³-hybridized carbons (Fsp3) is 0.250. The minimum absolute atomic E-state index is 0.0260. The second kappa shape index (κ2) is 9.94. The molecule has 0 aliphatic carbocycles. The maximum absolute atomic E-state index is 12.6. The van der Waals surface area contributed by atoms with E-state index in [4.69, 9.17) is 9.47 Å². The molecule has 0 spiro atoms. The van der Waals surface area contributed by atoms with Gasteiger partial charge in [0.2, 0.25) is 0 Å². The van der Waals surface area contributed by atoms with E-state index in [0.717, 1.165) is 53.3 Å². The van der Waals surface area contributed by atoms with Crippen molar-refractivity contribution in [3.63, 3.8) is 0 Å². The molecule has 1 aromatic heterocycles. The molecule has 160 valence electrons. The lowest BCUT2D eigenvalue weighted by atomic mass is 10.1. The molecule has 3 aromatic rings. The molecule has 1 fully saturated rings. The number of carbonyl (C=O) groups is 1. The molecule has 7 heteroatoms. The number of hydrogen-bond donors (Lipinski definition) is 0. The molecule has 31 heavy (non-hydrogen) atoms. The minimum Gasteiger partial charge on any atom is -0.496 e. The minimum atomic E-state index is -0.0260. The van der Waals surface area contributed by atoms with Gasteiger partial charge in [0, 0.05) is 36.1 Å². The molecule has 2 aromatic carbocycles. The number of benzene rings is 2. The standard InChI is InChI=1S/C24H24BrN3O3/c1-30-24-9-3-18(14-20(24)16-28-17-21(25)15-26-28)2-8-23(29)19-4-6-22(7-5-19)27-10-12-31-13-11-27/h2-9,14-15,17H,10-13,16H2,1H3/b8-2+. The van der Waals surface area contributed by atoms with E-state index < -0.39 is 0 Å². The van der Waals surface area contributed by atoms with Gasteiger partial charge in [-0.25, -0.2) is 0 Å². The monoisotopic (exact) mass is 481 g/mol. The Labute approximate surface area is 190 Å². The Hall–Kier alpha value is -2.90. The molecule has 1 aliphatic rings. The average molecular weight is 482 g/mol. The van der Waals surface area contributed by atoms with Crippen molar-refractivity contribution in [3.05, 3.63) is 82.1 Å². The summed E-state index contributed by atoms with van der Waals surface area (Å²) in [6.07, 6.45) is 7.10. The van der Waals surface area contributed by atoms with Crippen LogP contribution in [0, 0.1) is 0 Å². The molecule has 1 saturated heterocycles. The van der Waals surface area contributed by atoms with E-state index in [-0.39, 0.29) is 5.78 Å². The maximum Gasteiger partial charge on any atom is 0.185 e. The van der Waals surface area contributed by atoms with Gasteiger partial charge in [0.1, 0.15) is 5.75 Å². The van der Waals surface area contributed by atoms with Crippen molar-refractivity contribution in [2.45, 2.75) is 6.54 Å². The molecule has 2 heterocycles. The largest absolute Gasteiger partial charge is 0.496 e. The Morgan fingerprint density at radius 1 is 1.19 bits per heavy atom. The van der Waals surface area contributed by atoms with Crippen LogP contribution >= 0.6 is 15.9 Å². The topological polar surface area (TPSA) is 56.6 Å². The van der Waals surface area contributed by atoms with Crippen molar-refractivity contribution in [1.29, 1.82) is 0 Å². The van der Waals surface area contributed by atoms with Crippen molar-refractivity contribution in [1.82, 2.24) is 9.78 Å². The van der Waals surface area contributed by atoms with Crippen molar-refractivity contribution < 1.29 is 14.3 Å². The first-order valence-corrected chi connectivity index (χ1v) is 10.9. The molecule has 6 nitrogen and oxygen atoms in total. The summed E-state index contributed by atoms with van der Waals surface area (Å²) < 4.78 is 13.6. The molecule has 0 atom stereocenters. The Kier molecular flexibility index (Phi) is 6.84. The molecular formula is C24H24BrN3O3. The van der Waals surface area contributed by atoms with E-state index in [9.17, 15) is 4.79 Å². The van der Waals surface area contributed by atoms with Gasteiger partial charge in [-0.3, -0.25) is 9.48 Å². The number of ether oxygens (including phenoxy) is 2. The van der Waals surface area contributed by atoms with Crippen molar-refractivity contribution in [2.75, 3.05) is 38.3 Å². The second-order valence-electron chi connectivity index (χ2n) is 7.27. The van der Waals surface area contributed by atoms with Crippen LogP contribution in [0.2, 0.25) is 0 Å². The van der Waals surface area contributed by atoms with Crippen LogP contribution in [0.25, 0.3) is 6.08 Å². The smallest absolute Gasteiger partial charge is 0.185 e. The number of methoxy groups -OCH3 is 1. The summed E-state index contributed by atoms with van der Waals surface area (Å²) in [5, 5.41) is 4.30. The third-order valence-corrected chi connectivity index (χ3v) is 5.60. The van der Waals surface area contributed by atoms with Crippen LogP contribution in [0.4, 0.5) is 5.69 Å². The predicted octanol–water partition coefficient (Wildman–Crippen LogP) is 4.44. The summed E-state index contributed by atoms with van der Waals surface area (Å²) in [6, 6.07) is 13.6.